The van der Waals surface area contributed by atoms with Crippen molar-refractivity contribution in [3.8, 4) is 0 Å². The molecule has 0 radical (unpaired) electrons. The number of hydrogen-bond donors (Lipinski definition) is 3. The molecule has 1 atom stereocenters. The Labute approximate surface area is 248 Å². The Morgan fingerprint density at radius 2 is 1.24 bits per heavy atom. The summed E-state index contributed by atoms with van der Waals surface area (Å²) in [4.78, 5) is 49.1. The first-order valence-electron chi connectivity index (χ1n) is 14.5. The minimum Gasteiger partial charge on any atom is -0.460 e. The van der Waals surface area contributed by atoms with Crippen LogP contribution in [0.25, 0.3) is 0 Å². The number of carbonyl (C=O) groups is 4. The van der Waals surface area contributed by atoms with Gasteiger partial charge in [0.2, 0.25) is 5.91 Å². The van der Waals surface area contributed by atoms with Gasteiger partial charge in [-0.2, -0.15) is 0 Å². The molecule has 0 aliphatic rings. The number of rotatable bonds is 17. The number of nitrogens with one attached hydrogen (secondary N) is 3. The smallest absolute Gasteiger partial charge is 0.408 e. The van der Waals surface area contributed by atoms with E-state index in [1.807, 2.05) is 81.4 Å². The fourth-order valence-electron chi connectivity index (χ4n) is 3.91. The molecule has 2 rings (SSSR count). The van der Waals surface area contributed by atoms with Crippen molar-refractivity contribution < 1.29 is 33.4 Å². The molecule has 3 amide bonds. The second-order valence-corrected chi connectivity index (χ2v) is 10.9. The third-order valence-electron chi connectivity index (χ3n) is 6.00. The van der Waals surface area contributed by atoms with E-state index in [1.54, 1.807) is 0 Å². The highest BCUT2D eigenvalue weighted by molar-refractivity contribution is 5.85. The van der Waals surface area contributed by atoms with Crippen LogP contribution in [-0.2, 0) is 37.0 Å². The molecular weight excluding hydrogens is 538 g/mol. The Morgan fingerprint density at radius 1 is 0.690 bits per heavy atom. The molecule has 0 saturated carbocycles. The van der Waals surface area contributed by atoms with Gasteiger partial charge >= 0.3 is 18.2 Å². The summed E-state index contributed by atoms with van der Waals surface area (Å²) < 4.78 is 15.8. The molecule has 2 aromatic rings. The van der Waals surface area contributed by atoms with E-state index in [0.717, 1.165) is 17.5 Å². The van der Waals surface area contributed by atoms with Gasteiger partial charge in [-0.3, -0.25) is 9.59 Å². The third kappa shape index (κ3) is 16.2. The van der Waals surface area contributed by atoms with Crippen molar-refractivity contribution in [3.05, 3.63) is 71.8 Å². The van der Waals surface area contributed by atoms with Crippen molar-refractivity contribution in [2.75, 3.05) is 13.1 Å². The maximum absolute atomic E-state index is 12.9. The highest BCUT2D eigenvalue weighted by atomic mass is 16.6. The molecule has 0 fully saturated rings. The standard InChI is InChI=1S/C32H45N3O7/c1-32(2,3)42-28(36)20-11-6-13-21-33-29(37)27(35-31(39)41-24-26-17-9-5-10-18-26)19-12-14-22-34-30(38)40-23-25-15-7-4-8-16-25/h4-5,7-10,15-18,27H,6,11-14,19-24H2,1-3H3,(H,33,37)(H,34,38)(H,35,39)/t27-/m0/s1. The van der Waals surface area contributed by atoms with Gasteiger partial charge in [0, 0.05) is 19.5 Å². The van der Waals surface area contributed by atoms with E-state index in [-0.39, 0.29) is 25.1 Å². The summed E-state index contributed by atoms with van der Waals surface area (Å²) in [6.45, 7) is 6.57. The van der Waals surface area contributed by atoms with Crippen molar-refractivity contribution in [1.29, 1.82) is 0 Å². The lowest BCUT2D eigenvalue weighted by molar-refractivity contribution is -0.154. The van der Waals surface area contributed by atoms with Gasteiger partial charge in [0.1, 0.15) is 24.9 Å². The number of hydrogen-bond acceptors (Lipinski definition) is 7. The zero-order valence-electron chi connectivity index (χ0n) is 25.0. The van der Waals surface area contributed by atoms with Crippen LogP contribution in [0.2, 0.25) is 0 Å². The van der Waals surface area contributed by atoms with Crippen molar-refractivity contribution in [1.82, 2.24) is 16.0 Å². The monoisotopic (exact) mass is 583 g/mol. The van der Waals surface area contributed by atoms with Crippen LogP contribution in [0, 0.1) is 0 Å². The summed E-state index contributed by atoms with van der Waals surface area (Å²) in [6, 6.07) is 17.9. The van der Waals surface area contributed by atoms with Crippen molar-refractivity contribution in [3.63, 3.8) is 0 Å². The predicted octanol–water partition coefficient (Wildman–Crippen LogP) is 5.40. The summed E-state index contributed by atoms with van der Waals surface area (Å²) in [5, 5.41) is 8.23. The van der Waals surface area contributed by atoms with Crippen LogP contribution in [0.1, 0.15) is 76.8 Å². The molecular formula is C32H45N3O7. The zero-order valence-corrected chi connectivity index (χ0v) is 25.0. The first-order chi connectivity index (χ1) is 20.1. The molecule has 0 heterocycles. The van der Waals surface area contributed by atoms with Crippen LogP contribution in [0.5, 0.6) is 0 Å². The quantitative estimate of drug-likeness (QED) is 0.129. The van der Waals surface area contributed by atoms with E-state index in [0.29, 0.717) is 51.6 Å². The van der Waals surface area contributed by atoms with Gasteiger partial charge in [-0.1, -0.05) is 67.1 Å². The van der Waals surface area contributed by atoms with E-state index in [1.165, 1.54) is 0 Å². The maximum Gasteiger partial charge on any atom is 0.408 e. The normalized spacial score (nSPS) is 11.6. The number of ether oxygens (including phenoxy) is 3. The van der Waals surface area contributed by atoms with Gasteiger partial charge in [0.05, 0.1) is 0 Å². The minimum atomic E-state index is -0.792. The molecule has 0 aliphatic carbocycles. The van der Waals surface area contributed by atoms with Crippen LogP contribution in [0.4, 0.5) is 9.59 Å². The SMILES string of the molecule is CC(C)(C)OC(=O)CCCCCNC(=O)[C@H](CCCCNC(=O)OCc1ccccc1)NC(=O)OCc1ccccc1. The van der Waals surface area contributed by atoms with Crippen LogP contribution in [0.15, 0.2) is 60.7 Å². The molecule has 10 heteroatoms. The first-order valence-corrected chi connectivity index (χ1v) is 14.5. The summed E-state index contributed by atoms with van der Waals surface area (Å²) in [5.74, 6) is -0.544. The molecule has 0 aliphatic heterocycles. The zero-order chi connectivity index (χ0) is 30.6. The average molecular weight is 584 g/mol. The van der Waals surface area contributed by atoms with Crippen molar-refractivity contribution in [2.45, 2.75) is 90.6 Å². The lowest BCUT2D eigenvalue weighted by Gasteiger charge is -2.19. The molecule has 42 heavy (non-hydrogen) atoms. The molecule has 230 valence electrons. The number of carbonyl (C=O) groups excluding carboxylic acids is 4. The molecule has 0 bridgehead atoms. The minimum absolute atomic E-state index is 0.0909. The second kappa shape index (κ2) is 19.1. The number of alkyl carbamates (subject to hydrolysis) is 2. The molecule has 0 unspecified atom stereocenters. The molecule has 10 nitrogen and oxygen atoms in total. The topological polar surface area (TPSA) is 132 Å². The summed E-state index contributed by atoms with van der Waals surface area (Å²) in [6.07, 6.45) is 2.78. The molecule has 0 spiro atoms. The first kappa shape index (κ1) is 34.1. The van der Waals surface area contributed by atoms with Gasteiger partial charge in [0.25, 0.3) is 0 Å². The van der Waals surface area contributed by atoms with Crippen LogP contribution in [-0.4, -0.2) is 48.8 Å². The molecule has 2 aromatic carbocycles. The fraction of sp³-hybridized carbons (Fsp3) is 0.500. The average Bonchev–Trinajstić information content (AvgIpc) is 2.96. The molecule has 0 aromatic heterocycles. The van der Waals surface area contributed by atoms with Gasteiger partial charge in [0.15, 0.2) is 0 Å². The van der Waals surface area contributed by atoms with E-state index >= 15 is 0 Å². The fourth-order valence-corrected chi connectivity index (χ4v) is 3.91. The van der Waals surface area contributed by atoms with Gasteiger partial charge in [-0.25, -0.2) is 9.59 Å². The maximum atomic E-state index is 12.9. The number of esters is 1. The molecule has 0 saturated heterocycles. The Hall–Kier alpha value is -4.08. The van der Waals surface area contributed by atoms with Gasteiger partial charge in [-0.15, -0.1) is 0 Å². The van der Waals surface area contributed by atoms with E-state index in [4.69, 9.17) is 14.2 Å². The van der Waals surface area contributed by atoms with E-state index < -0.39 is 23.8 Å². The Kier molecular flexibility index (Phi) is 15.5. The largest absolute Gasteiger partial charge is 0.460 e. The Morgan fingerprint density at radius 3 is 1.83 bits per heavy atom. The third-order valence-corrected chi connectivity index (χ3v) is 6.00. The van der Waals surface area contributed by atoms with Crippen LogP contribution >= 0.6 is 0 Å². The van der Waals surface area contributed by atoms with Crippen LogP contribution < -0.4 is 16.0 Å². The van der Waals surface area contributed by atoms with Crippen molar-refractivity contribution >= 4 is 24.1 Å². The predicted molar refractivity (Wildman–Crippen MR) is 159 cm³/mol. The number of unbranched alkanes of at least 4 members (excludes halogenated alkanes) is 3. The highest BCUT2D eigenvalue weighted by Crippen LogP contribution is 2.11. The van der Waals surface area contributed by atoms with E-state index in [2.05, 4.69) is 16.0 Å². The van der Waals surface area contributed by atoms with Gasteiger partial charge in [-0.05, 0) is 64.0 Å². The summed E-state index contributed by atoms with van der Waals surface area (Å²) in [7, 11) is 0. The van der Waals surface area contributed by atoms with E-state index in [9.17, 15) is 19.2 Å². The Balaban J connectivity index is 1.73. The second-order valence-electron chi connectivity index (χ2n) is 10.9. The summed E-state index contributed by atoms with van der Waals surface area (Å²) >= 11 is 0. The summed E-state index contributed by atoms with van der Waals surface area (Å²) in [5.41, 5.74) is 1.23. The van der Waals surface area contributed by atoms with Crippen molar-refractivity contribution in [2.24, 2.45) is 0 Å². The van der Waals surface area contributed by atoms with Crippen LogP contribution in [0.3, 0.4) is 0 Å². The lowest BCUT2D eigenvalue weighted by Crippen LogP contribution is -2.47. The highest BCUT2D eigenvalue weighted by Gasteiger charge is 2.21. The number of amides is 3. The van der Waals surface area contributed by atoms with Gasteiger partial charge < -0.3 is 30.2 Å². The number of benzene rings is 2. The molecule has 3 N–H and O–H groups in total. The Bertz CT molecular complexity index is 1090. The lowest BCUT2D eigenvalue weighted by atomic mass is 10.1.